The fourth-order valence-electron chi connectivity index (χ4n) is 7.74. The van der Waals surface area contributed by atoms with Gasteiger partial charge in [-0.15, -0.1) is 0 Å². The molecule has 1 saturated heterocycles. The summed E-state index contributed by atoms with van der Waals surface area (Å²) in [6.07, 6.45) is -1.37. The van der Waals surface area contributed by atoms with E-state index in [0.717, 1.165) is 0 Å². The number of hydrogen-bond donors (Lipinski definition) is 0. The van der Waals surface area contributed by atoms with E-state index in [0.29, 0.717) is 12.0 Å². The second-order valence-electron chi connectivity index (χ2n) is 13.5. The molecule has 2 saturated carbocycles. The van der Waals surface area contributed by atoms with Crippen molar-refractivity contribution >= 4 is 29.7 Å². The lowest BCUT2D eigenvalue weighted by Crippen LogP contribution is -2.43. The first-order chi connectivity index (χ1) is 18.9. The van der Waals surface area contributed by atoms with Crippen LogP contribution in [0, 0.1) is 35.0 Å². The number of esters is 4. The third-order valence-corrected chi connectivity index (χ3v) is 9.41. The van der Waals surface area contributed by atoms with Gasteiger partial charge in [0.25, 0.3) is 0 Å². The van der Waals surface area contributed by atoms with Crippen LogP contribution in [0.5, 0.6) is 0 Å². The van der Waals surface area contributed by atoms with Crippen LogP contribution in [0.3, 0.4) is 0 Å². The van der Waals surface area contributed by atoms with Gasteiger partial charge >= 0.3 is 23.9 Å². The van der Waals surface area contributed by atoms with Gasteiger partial charge in [0.15, 0.2) is 23.1 Å². The molecule has 1 unspecified atom stereocenters. The van der Waals surface area contributed by atoms with E-state index in [1.165, 1.54) is 20.8 Å². The van der Waals surface area contributed by atoms with Crippen LogP contribution >= 0.6 is 0 Å². The fraction of sp³-hybridized carbons (Fsp3) is 0.774. The molecule has 0 radical (unpaired) electrons. The normalized spacial score (nSPS) is 41.8. The van der Waals surface area contributed by atoms with Crippen LogP contribution in [0.1, 0.15) is 82.1 Å². The van der Waals surface area contributed by atoms with Crippen LogP contribution < -0.4 is 0 Å². The zero-order valence-corrected chi connectivity index (χ0v) is 25.8. The number of Topliss-reactive ketones (excluding diaryl/α,β-unsaturated/α-hetero) is 1. The van der Waals surface area contributed by atoms with E-state index in [1.807, 2.05) is 34.6 Å². The molecular weight excluding hydrogens is 532 g/mol. The van der Waals surface area contributed by atoms with E-state index < -0.39 is 70.8 Å². The Morgan fingerprint density at radius 2 is 1.46 bits per heavy atom. The lowest BCUT2D eigenvalue weighted by molar-refractivity contribution is -0.167. The summed E-state index contributed by atoms with van der Waals surface area (Å²) in [6.45, 7) is 17.0. The molecule has 3 aliphatic carbocycles. The Bertz CT molecular complexity index is 1170. The maximum atomic E-state index is 14.3. The first kappa shape index (κ1) is 31.2. The molecule has 0 bridgehead atoms. The predicted octanol–water partition coefficient (Wildman–Crippen LogP) is 3.72. The standard InChI is InChI=1S/C31H44O10/c1-14(2)11-21(35)40-24-15(3)12-31-28(39-20(8)34)16(4)13-30(31,41-31)27(36)17(5)25(37-18(6)32)22-23(29(22,9)10)26(24)38-19(7)33/h12,14,16-17,22-26,28H,11,13H2,1-10H3/b15-12+/t16-,17+,22-,23+,24+,25-,26?,28-,30-,31-/m0/s1. The topological polar surface area (TPSA) is 135 Å². The summed E-state index contributed by atoms with van der Waals surface area (Å²) in [5, 5.41) is 0. The molecule has 0 amide bonds. The molecule has 0 aromatic heterocycles. The molecule has 10 nitrogen and oxygen atoms in total. The highest BCUT2D eigenvalue weighted by Crippen LogP contribution is 2.68. The smallest absolute Gasteiger partial charge is 0.306 e. The number of hydrogen-bond acceptors (Lipinski definition) is 10. The van der Waals surface area contributed by atoms with Crippen molar-refractivity contribution in [1.29, 1.82) is 0 Å². The SMILES string of the molecule is CC(=O)OC1[C@H](OC(=O)CC(C)C)/C(C)=C/[C@@]23O[C@@]2(C[C@H](C)[C@@H]3OC(C)=O)C(=O)[C@H](C)[C@H](OC(C)=O)[C@@H]2[C@H]1C2(C)C. The molecule has 228 valence electrons. The highest BCUT2D eigenvalue weighted by Gasteiger charge is 2.84. The first-order valence-electron chi connectivity index (χ1n) is 14.5. The van der Waals surface area contributed by atoms with Gasteiger partial charge in [0.05, 0.1) is 5.92 Å². The number of ether oxygens (including phenoxy) is 5. The van der Waals surface area contributed by atoms with Gasteiger partial charge in [-0.2, -0.15) is 0 Å². The van der Waals surface area contributed by atoms with E-state index in [2.05, 4.69) is 0 Å². The van der Waals surface area contributed by atoms with E-state index in [-0.39, 0.29) is 35.9 Å². The Hall–Kier alpha value is -2.75. The summed E-state index contributed by atoms with van der Waals surface area (Å²) in [5.74, 6) is -4.04. The molecule has 0 aromatic carbocycles. The van der Waals surface area contributed by atoms with E-state index in [1.54, 1.807) is 19.9 Å². The maximum absolute atomic E-state index is 14.3. The average Bonchev–Trinajstić information content (AvgIpc) is 3.61. The third kappa shape index (κ3) is 5.21. The van der Waals surface area contributed by atoms with Gasteiger partial charge in [-0.05, 0) is 42.2 Å². The van der Waals surface area contributed by atoms with Gasteiger partial charge in [0.1, 0.15) is 18.3 Å². The van der Waals surface area contributed by atoms with Gasteiger partial charge in [0, 0.05) is 39.0 Å². The summed E-state index contributed by atoms with van der Waals surface area (Å²) in [5.41, 5.74) is -2.62. The van der Waals surface area contributed by atoms with Crippen molar-refractivity contribution in [3.63, 3.8) is 0 Å². The number of ketones is 1. The zero-order chi connectivity index (χ0) is 30.8. The number of carbonyl (C=O) groups excluding carboxylic acids is 5. The number of epoxide rings is 1. The van der Waals surface area contributed by atoms with Crippen LogP contribution in [-0.4, -0.2) is 65.3 Å². The van der Waals surface area contributed by atoms with Crippen molar-refractivity contribution in [2.45, 2.75) is 118 Å². The highest BCUT2D eigenvalue weighted by atomic mass is 16.7. The quantitative estimate of drug-likeness (QED) is 0.199. The molecule has 4 rings (SSSR count). The number of carbonyl (C=O) groups is 5. The third-order valence-electron chi connectivity index (χ3n) is 9.41. The molecule has 10 atom stereocenters. The molecule has 10 heteroatoms. The molecule has 0 N–H and O–H groups in total. The van der Waals surface area contributed by atoms with Crippen LogP contribution in [0.4, 0.5) is 0 Å². The summed E-state index contributed by atoms with van der Waals surface area (Å²) in [6, 6.07) is 0. The highest BCUT2D eigenvalue weighted by molar-refractivity contribution is 5.96. The Morgan fingerprint density at radius 1 is 0.927 bits per heavy atom. The molecule has 0 aromatic rings. The molecule has 4 aliphatic rings. The van der Waals surface area contributed by atoms with Crippen molar-refractivity contribution in [2.75, 3.05) is 0 Å². The van der Waals surface area contributed by atoms with Crippen molar-refractivity contribution in [1.82, 2.24) is 0 Å². The molecule has 0 spiro atoms. The largest absolute Gasteiger partial charge is 0.461 e. The van der Waals surface area contributed by atoms with Crippen LogP contribution in [0.2, 0.25) is 0 Å². The van der Waals surface area contributed by atoms with Gasteiger partial charge in [-0.3, -0.25) is 24.0 Å². The van der Waals surface area contributed by atoms with Crippen LogP contribution in [0.15, 0.2) is 11.6 Å². The molecule has 1 aliphatic heterocycles. The Labute approximate surface area is 241 Å². The second kappa shape index (κ2) is 10.5. The Kier molecular flexibility index (Phi) is 7.99. The van der Waals surface area contributed by atoms with E-state index >= 15 is 0 Å². The number of rotatable bonds is 6. The summed E-state index contributed by atoms with van der Waals surface area (Å²) >= 11 is 0. The van der Waals surface area contributed by atoms with Crippen molar-refractivity contribution < 1.29 is 47.7 Å². The molecule has 1 heterocycles. The first-order valence-corrected chi connectivity index (χ1v) is 14.5. The van der Waals surface area contributed by atoms with E-state index in [4.69, 9.17) is 23.7 Å². The van der Waals surface area contributed by atoms with Crippen molar-refractivity contribution in [3.05, 3.63) is 11.6 Å². The van der Waals surface area contributed by atoms with Gasteiger partial charge in [-0.25, -0.2) is 0 Å². The minimum absolute atomic E-state index is 0.0284. The summed E-state index contributed by atoms with van der Waals surface area (Å²) < 4.78 is 29.9. The molecular formula is C31H44O10. The average molecular weight is 577 g/mol. The van der Waals surface area contributed by atoms with Gasteiger partial charge in [0.2, 0.25) is 0 Å². The Morgan fingerprint density at radius 3 is 2.00 bits per heavy atom. The Balaban J connectivity index is 1.93. The minimum atomic E-state index is -1.31. The zero-order valence-electron chi connectivity index (χ0n) is 25.8. The van der Waals surface area contributed by atoms with Crippen molar-refractivity contribution in [2.24, 2.45) is 35.0 Å². The molecule has 3 fully saturated rings. The predicted molar refractivity (Wildman–Crippen MR) is 145 cm³/mol. The molecule has 41 heavy (non-hydrogen) atoms. The fourth-order valence-corrected chi connectivity index (χ4v) is 7.74. The monoisotopic (exact) mass is 576 g/mol. The van der Waals surface area contributed by atoms with Gasteiger partial charge in [-0.1, -0.05) is 41.5 Å². The second-order valence-corrected chi connectivity index (χ2v) is 13.5. The summed E-state index contributed by atoms with van der Waals surface area (Å²) in [4.78, 5) is 64.4. The van der Waals surface area contributed by atoms with Gasteiger partial charge < -0.3 is 23.7 Å². The maximum Gasteiger partial charge on any atom is 0.306 e. The van der Waals surface area contributed by atoms with E-state index in [9.17, 15) is 24.0 Å². The lowest BCUT2D eigenvalue weighted by Gasteiger charge is -2.30. The van der Waals surface area contributed by atoms with Crippen LogP contribution in [0.25, 0.3) is 0 Å². The van der Waals surface area contributed by atoms with Crippen LogP contribution in [-0.2, 0) is 47.7 Å². The summed E-state index contributed by atoms with van der Waals surface area (Å²) in [7, 11) is 0. The lowest BCUT2D eigenvalue weighted by atomic mass is 9.80. The minimum Gasteiger partial charge on any atom is -0.461 e. The van der Waals surface area contributed by atoms with Crippen molar-refractivity contribution in [3.8, 4) is 0 Å². The number of fused-ring (bicyclic) bond motifs is 1.